The highest BCUT2D eigenvalue weighted by Gasteiger charge is 2.15. The summed E-state index contributed by atoms with van der Waals surface area (Å²) >= 11 is 0. The molecule has 1 aliphatic heterocycles. The summed E-state index contributed by atoms with van der Waals surface area (Å²) in [6.07, 6.45) is 5.88. The largest absolute Gasteiger partial charge is 0.497 e. The third-order valence-electron chi connectivity index (χ3n) is 6.44. The number of rotatable bonds is 8. The van der Waals surface area contributed by atoms with E-state index >= 15 is 0 Å². The molecule has 4 N–H and O–H groups in total. The van der Waals surface area contributed by atoms with E-state index in [0.29, 0.717) is 12.2 Å². The Hall–Kier alpha value is -4.30. The molecule has 0 bridgehead atoms. The summed E-state index contributed by atoms with van der Waals surface area (Å²) in [7, 11) is 1.63. The van der Waals surface area contributed by atoms with E-state index in [9.17, 15) is 4.79 Å². The Labute approximate surface area is 216 Å². The van der Waals surface area contributed by atoms with E-state index in [4.69, 9.17) is 9.47 Å². The van der Waals surface area contributed by atoms with Crippen molar-refractivity contribution in [3.63, 3.8) is 0 Å². The molecule has 5 rings (SSSR count). The van der Waals surface area contributed by atoms with Crippen LogP contribution >= 0.6 is 0 Å². The van der Waals surface area contributed by atoms with Crippen molar-refractivity contribution >= 4 is 11.7 Å². The normalized spacial score (nSPS) is 13.6. The van der Waals surface area contributed by atoms with Gasteiger partial charge < -0.3 is 25.4 Å². The summed E-state index contributed by atoms with van der Waals surface area (Å²) in [5.74, 6) is 1.61. The molecule has 37 heavy (non-hydrogen) atoms. The predicted octanol–water partition coefficient (Wildman–Crippen LogP) is 5.20. The molecule has 1 fully saturated rings. The van der Waals surface area contributed by atoms with Gasteiger partial charge >= 0.3 is 6.03 Å². The van der Waals surface area contributed by atoms with Gasteiger partial charge in [-0.2, -0.15) is 5.10 Å². The Morgan fingerprint density at radius 1 is 0.973 bits per heavy atom. The first-order valence-electron chi connectivity index (χ1n) is 12.5. The lowest BCUT2D eigenvalue weighted by molar-refractivity contribution is 0.162. The van der Waals surface area contributed by atoms with Gasteiger partial charge in [-0.3, -0.25) is 5.10 Å². The minimum atomic E-state index is -0.286. The van der Waals surface area contributed by atoms with Crippen LogP contribution in [0.3, 0.4) is 0 Å². The van der Waals surface area contributed by atoms with Crippen LogP contribution in [0.5, 0.6) is 11.5 Å². The van der Waals surface area contributed by atoms with Crippen LogP contribution < -0.4 is 25.4 Å². The Bertz CT molecular complexity index is 1320. The smallest absolute Gasteiger partial charge is 0.319 e. The van der Waals surface area contributed by atoms with E-state index in [1.165, 1.54) is 0 Å². The molecule has 8 nitrogen and oxygen atoms in total. The first kappa shape index (κ1) is 24.4. The van der Waals surface area contributed by atoms with Crippen LogP contribution in [-0.2, 0) is 6.54 Å². The number of hydrogen-bond donors (Lipinski definition) is 4. The van der Waals surface area contributed by atoms with Crippen LogP contribution in [0.2, 0.25) is 0 Å². The van der Waals surface area contributed by atoms with Crippen molar-refractivity contribution in [1.29, 1.82) is 0 Å². The van der Waals surface area contributed by atoms with Crippen molar-refractivity contribution < 1.29 is 14.3 Å². The van der Waals surface area contributed by atoms with Gasteiger partial charge in [0.2, 0.25) is 0 Å². The maximum atomic E-state index is 12.8. The van der Waals surface area contributed by atoms with Gasteiger partial charge in [0.25, 0.3) is 0 Å². The first-order valence-corrected chi connectivity index (χ1v) is 12.5. The number of H-pyrrole nitrogens is 1. The van der Waals surface area contributed by atoms with E-state index in [2.05, 4.69) is 32.2 Å². The second kappa shape index (κ2) is 11.6. The van der Waals surface area contributed by atoms with E-state index in [1.807, 2.05) is 66.9 Å². The lowest BCUT2D eigenvalue weighted by Crippen LogP contribution is -2.34. The van der Waals surface area contributed by atoms with Crippen molar-refractivity contribution in [2.75, 3.05) is 25.5 Å². The average Bonchev–Trinajstić information content (AvgIpc) is 3.49. The highest BCUT2D eigenvalue weighted by Crippen LogP contribution is 2.34. The molecule has 3 aromatic carbocycles. The van der Waals surface area contributed by atoms with E-state index in [-0.39, 0.29) is 12.1 Å². The minimum absolute atomic E-state index is 0.238. The fraction of sp³-hybridized carbons (Fsp3) is 0.241. The van der Waals surface area contributed by atoms with Gasteiger partial charge in [-0.1, -0.05) is 30.3 Å². The van der Waals surface area contributed by atoms with Crippen LogP contribution in [0.25, 0.3) is 22.3 Å². The van der Waals surface area contributed by atoms with Gasteiger partial charge in [0.05, 0.1) is 19.0 Å². The molecule has 2 heterocycles. The monoisotopic (exact) mass is 497 g/mol. The number of carbonyl (C=O) groups is 1. The summed E-state index contributed by atoms with van der Waals surface area (Å²) < 4.78 is 11.4. The molecule has 0 spiro atoms. The third kappa shape index (κ3) is 6.29. The van der Waals surface area contributed by atoms with Gasteiger partial charge in [0.1, 0.15) is 17.6 Å². The SMILES string of the molecule is COc1cccc(CNC(=O)Nc2ccc(-c3cn[nH]c3)cc2-c2ccc(OC3CCNCC3)cc2)c1. The van der Waals surface area contributed by atoms with Gasteiger partial charge in [-0.25, -0.2) is 4.79 Å². The van der Waals surface area contributed by atoms with E-state index in [1.54, 1.807) is 13.3 Å². The lowest BCUT2D eigenvalue weighted by Gasteiger charge is -2.24. The number of hydrogen-bond acceptors (Lipinski definition) is 5. The lowest BCUT2D eigenvalue weighted by atomic mass is 9.98. The van der Waals surface area contributed by atoms with Gasteiger partial charge in [0.15, 0.2) is 0 Å². The number of piperidine rings is 1. The molecule has 0 unspecified atom stereocenters. The second-order valence-corrected chi connectivity index (χ2v) is 9.00. The Balaban J connectivity index is 1.34. The summed E-state index contributed by atoms with van der Waals surface area (Å²) in [6.45, 7) is 2.35. The summed E-state index contributed by atoms with van der Waals surface area (Å²) in [4.78, 5) is 12.8. The molecule has 0 saturated carbocycles. The van der Waals surface area contributed by atoms with E-state index < -0.39 is 0 Å². The minimum Gasteiger partial charge on any atom is -0.497 e. The van der Waals surface area contributed by atoms with Gasteiger partial charge in [0, 0.05) is 23.9 Å². The number of urea groups is 1. The predicted molar refractivity (Wildman–Crippen MR) is 145 cm³/mol. The summed E-state index contributed by atoms with van der Waals surface area (Å²) in [5, 5.41) is 16.2. The topological polar surface area (TPSA) is 100 Å². The quantitative estimate of drug-likeness (QED) is 0.268. The van der Waals surface area contributed by atoms with Crippen LogP contribution in [0.4, 0.5) is 10.5 Å². The summed E-state index contributed by atoms with van der Waals surface area (Å²) in [6, 6.07) is 21.3. The molecule has 0 aliphatic carbocycles. The molecule has 4 aromatic rings. The number of nitrogens with one attached hydrogen (secondary N) is 4. The molecule has 1 aromatic heterocycles. The second-order valence-electron chi connectivity index (χ2n) is 9.00. The Kier molecular flexibility index (Phi) is 7.66. The Morgan fingerprint density at radius 2 is 1.78 bits per heavy atom. The highest BCUT2D eigenvalue weighted by molar-refractivity contribution is 5.95. The molecular weight excluding hydrogens is 466 g/mol. The van der Waals surface area contributed by atoms with Crippen LogP contribution in [0.1, 0.15) is 18.4 Å². The molecule has 8 heteroatoms. The third-order valence-corrected chi connectivity index (χ3v) is 6.44. The first-order chi connectivity index (χ1) is 18.2. The number of carbonyl (C=O) groups excluding carboxylic acids is 1. The molecule has 0 radical (unpaired) electrons. The van der Waals surface area contributed by atoms with Crippen molar-refractivity contribution in [2.45, 2.75) is 25.5 Å². The molecule has 2 amide bonds. The molecule has 190 valence electrons. The van der Waals surface area contributed by atoms with Crippen molar-refractivity contribution in [3.05, 3.63) is 84.7 Å². The fourth-order valence-corrected chi connectivity index (χ4v) is 4.43. The number of aromatic amines is 1. The highest BCUT2D eigenvalue weighted by atomic mass is 16.5. The zero-order chi connectivity index (χ0) is 25.5. The number of nitrogens with zero attached hydrogens (tertiary/aromatic N) is 1. The molecular formula is C29H31N5O3. The number of methoxy groups -OCH3 is 1. The van der Waals surface area contributed by atoms with Crippen molar-refractivity contribution in [1.82, 2.24) is 20.8 Å². The van der Waals surface area contributed by atoms with E-state index in [0.717, 1.165) is 65.2 Å². The number of anilines is 1. The van der Waals surface area contributed by atoms with Crippen LogP contribution in [0.15, 0.2) is 79.1 Å². The van der Waals surface area contributed by atoms with Gasteiger partial charge in [-0.05, 0) is 79.0 Å². The van der Waals surface area contributed by atoms with Gasteiger partial charge in [-0.15, -0.1) is 0 Å². The fourth-order valence-electron chi connectivity index (χ4n) is 4.43. The zero-order valence-electron chi connectivity index (χ0n) is 20.8. The van der Waals surface area contributed by atoms with Crippen LogP contribution in [0, 0.1) is 0 Å². The van der Waals surface area contributed by atoms with Crippen molar-refractivity contribution in [2.24, 2.45) is 0 Å². The standard InChI is InChI=1S/C29H31N5O3/c1-36-26-4-2-3-20(15-26)17-31-29(35)34-28-10-7-22(23-18-32-33-19-23)16-27(28)21-5-8-24(9-6-21)37-25-11-13-30-14-12-25/h2-10,15-16,18-19,25,30H,11-14,17H2,1H3,(H,32,33)(H2,31,34,35). The molecule has 1 saturated heterocycles. The number of ether oxygens (including phenoxy) is 2. The summed E-state index contributed by atoms with van der Waals surface area (Å²) in [5.41, 5.74) is 5.52. The molecule has 0 atom stereocenters. The maximum absolute atomic E-state index is 12.8. The number of benzene rings is 3. The average molecular weight is 498 g/mol. The zero-order valence-corrected chi connectivity index (χ0v) is 20.8. The van der Waals surface area contributed by atoms with Crippen LogP contribution in [-0.4, -0.2) is 42.5 Å². The number of amides is 2. The number of aromatic nitrogens is 2. The Morgan fingerprint density at radius 3 is 2.54 bits per heavy atom. The molecule has 1 aliphatic rings. The maximum Gasteiger partial charge on any atom is 0.319 e. The van der Waals surface area contributed by atoms with Crippen molar-refractivity contribution in [3.8, 4) is 33.8 Å².